The molecule has 0 aliphatic carbocycles. The first-order valence-electron chi connectivity index (χ1n) is 8.45. The minimum atomic E-state index is -3.37. The van der Waals surface area contributed by atoms with Crippen molar-refractivity contribution in [2.75, 3.05) is 6.26 Å². The highest BCUT2D eigenvalue weighted by Gasteiger charge is 2.17. The topological polar surface area (TPSA) is 81.1 Å². The van der Waals surface area contributed by atoms with Crippen LogP contribution in [-0.4, -0.2) is 30.1 Å². The van der Waals surface area contributed by atoms with Gasteiger partial charge in [-0.15, -0.1) is 0 Å². The van der Waals surface area contributed by atoms with Crippen LogP contribution in [0.4, 0.5) is 0 Å². The number of aromatic nitrogens is 2. The number of hydrogen-bond acceptors (Lipinski definition) is 4. The number of amides is 1. The predicted molar refractivity (Wildman–Crippen MR) is 104 cm³/mol. The van der Waals surface area contributed by atoms with E-state index in [-0.39, 0.29) is 16.8 Å². The second-order valence-electron chi connectivity index (χ2n) is 6.51. The molecule has 1 unspecified atom stereocenters. The number of hydrogen-bond donors (Lipinski definition) is 1. The first-order chi connectivity index (χ1) is 12.8. The highest BCUT2D eigenvalue weighted by Crippen LogP contribution is 2.19. The molecular weight excluding hydrogens is 362 g/mol. The Labute approximate surface area is 158 Å². The largest absolute Gasteiger partial charge is 0.346 e. The quantitative estimate of drug-likeness (QED) is 0.734. The van der Waals surface area contributed by atoms with Crippen LogP contribution in [0.2, 0.25) is 0 Å². The summed E-state index contributed by atoms with van der Waals surface area (Å²) in [4.78, 5) is 16.8. The van der Waals surface area contributed by atoms with Crippen LogP contribution in [0.25, 0.3) is 5.69 Å². The normalized spacial score (nSPS) is 12.6. The Morgan fingerprint density at radius 1 is 1.15 bits per heavy atom. The van der Waals surface area contributed by atoms with E-state index in [1.165, 1.54) is 12.1 Å². The third-order valence-corrected chi connectivity index (χ3v) is 5.54. The maximum atomic E-state index is 12.7. The van der Waals surface area contributed by atoms with Crippen LogP contribution in [0.3, 0.4) is 0 Å². The second kappa shape index (κ2) is 7.36. The highest BCUT2D eigenvalue weighted by molar-refractivity contribution is 7.90. The molecule has 0 saturated heterocycles. The van der Waals surface area contributed by atoms with Gasteiger partial charge in [0.25, 0.3) is 5.91 Å². The summed E-state index contributed by atoms with van der Waals surface area (Å²) in [6.07, 6.45) is 6.42. The lowest BCUT2D eigenvalue weighted by Gasteiger charge is -2.16. The van der Waals surface area contributed by atoms with Crippen molar-refractivity contribution in [1.29, 1.82) is 0 Å². The van der Waals surface area contributed by atoms with E-state index in [1.807, 2.05) is 42.0 Å². The van der Waals surface area contributed by atoms with Gasteiger partial charge in [-0.2, -0.15) is 0 Å². The molecule has 1 aromatic heterocycles. The zero-order chi connectivity index (χ0) is 19.6. The fourth-order valence-electron chi connectivity index (χ4n) is 2.78. The number of nitrogens with one attached hydrogen (secondary N) is 1. The Hall–Kier alpha value is -2.93. The van der Waals surface area contributed by atoms with Crippen molar-refractivity contribution in [2.45, 2.75) is 24.8 Å². The third kappa shape index (κ3) is 4.25. The van der Waals surface area contributed by atoms with Crippen LogP contribution in [0.15, 0.2) is 66.1 Å². The third-order valence-electron chi connectivity index (χ3n) is 4.43. The SMILES string of the molecule is Cc1ccc(S(C)(=O)=O)cc1C(=O)NC(C)c1ccc(-n2ccnc2)cc1. The lowest BCUT2D eigenvalue weighted by Crippen LogP contribution is -2.27. The molecule has 7 heteroatoms. The van der Waals surface area contributed by atoms with Crippen molar-refractivity contribution in [1.82, 2.24) is 14.9 Å². The Morgan fingerprint density at radius 3 is 2.44 bits per heavy atom. The molecule has 0 aliphatic rings. The van der Waals surface area contributed by atoms with Gasteiger partial charge in [0.05, 0.1) is 17.3 Å². The number of carbonyl (C=O) groups is 1. The summed E-state index contributed by atoms with van der Waals surface area (Å²) in [5.41, 5.74) is 3.01. The molecular formula is C20H21N3O3S. The van der Waals surface area contributed by atoms with Gasteiger partial charge in [-0.1, -0.05) is 18.2 Å². The molecule has 3 rings (SSSR count). The highest BCUT2D eigenvalue weighted by atomic mass is 32.2. The molecule has 0 bridgehead atoms. The van der Waals surface area contributed by atoms with E-state index >= 15 is 0 Å². The van der Waals surface area contributed by atoms with Crippen LogP contribution < -0.4 is 5.32 Å². The Kier molecular flexibility index (Phi) is 5.14. The van der Waals surface area contributed by atoms with Crippen molar-refractivity contribution >= 4 is 15.7 Å². The van der Waals surface area contributed by atoms with E-state index in [0.717, 1.165) is 23.1 Å². The molecule has 1 N–H and O–H groups in total. The molecule has 2 aromatic carbocycles. The number of aryl methyl sites for hydroxylation is 1. The second-order valence-corrected chi connectivity index (χ2v) is 8.52. The van der Waals surface area contributed by atoms with Crippen LogP contribution in [0.5, 0.6) is 0 Å². The minimum absolute atomic E-state index is 0.135. The minimum Gasteiger partial charge on any atom is -0.346 e. The molecule has 3 aromatic rings. The summed E-state index contributed by atoms with van der Waals surface area (Å²) >= 11 is 0. The molecule has 27 heavy (non-hydrogen) atoms. The fourth-order valence-corrected chi connectivity index (χ4v) is 3.43. The van der Waals surface area contributed by atoms with Crippen LogP contribution in [-0.2, 0) is 9.84 Å². The summed E-state index contributed by atoms with van der Waals surface area (Å²) in [6.45, 7) is 3.67. The molecule has 0 aliphatic heterocycles. The van der Waals surface area contributed by atoms with Crippen LogP contribution >= 0.6 is 0 Å². The molecule has 140 valence electrons. The average molecular weight is 383 g/mol. The molecule has 0 saturated carbocycles. The first-order valence-corrected chi connectivity index (χ1v) is 10.3. The van der Waals surface area contributed by atoms with E-state index in [2.05, 4.69) is 10.3 Å². The van der Waals surface area contributed by atoms with Crippen molar-refractivity contribution in [2.24, 2.45) is 0 Å². The van der Waals surface area contributed by atoms with E-state index in [1.54, 1.807) is 25.5 Å². The number of imidazole rings is 1. The molecule has 1 atom stereocenters. The smallest absolute Gasteiger partial charge is 0.252 e. The summed E-state index contributed by atoms with van der Waals surface area (Å²) in [6, 6.07) is 12.2. The zero-order valence-corrected chi connectivity index (χ0v) is 16.2. The molecule has 0 radical (unpaired) electrons. The average Bonchev–Trinajstić information content (AvgIpc) is 3.15. The molecule has 6 nitrogen and oxygen atoms in total. The standard InChI is InChI=1S/C20H21N3O3S/c1-14-4-9-18(27(3,25)26)12-19(14)20(24)22-15(2)16-5-7-17(8-6-16)23-11-10-21-13-23/h4-13,15H,1-3H3,(H,22,24). The summed E-state index contributed by atoms with van der Waals surface area (Å²) in [5.74, 6) is -0.302. The number of benzene rings is 2. The van der Waals surface area contributed by atoms with Crippen molar-refractivity contribution in [3.8, 4) is 5.69 Å². The first kappa shape index (κ1) is 18.8. The molecule has 1 heterocycles. The summed E-state index contributed by atoms with van der Waals surface area (Å²) in [7, 11) is -3.37. The van der Waals surface area contributed by atoms with E-state index < -0.39 is 9.84 Å². The van der Waals surface area contributed by atoms with Crippen molar-refractivity contribution in [3.63, 3.8) is 0 Å². The zero-order valence-electron chi connectivity index (χ0n) is 15.4. The van der Waals surface area contributed by atoms with Crippen molar-refractivity contribution < 1.29 is 13.2 Å². The van der Waals surface area contributed by atoms with Gasteiger partial charge in [0.1, 0.15) is 0 Å². The molecule has 0 spiro atoms. The van der Waals surface area contributed by atoms with Crippen LogP contribution in [0.1, 0.15) is 34.5 Å². The number of nitrogens with zero attached hydrogens (tertiary/aromatic N) is 2. The van der Waals surface area contributed by atoms with Gasteiger partial charge in [0.15, 0.2) is 9.84 Å². The number of sulfone groups is 1. The van der Waals surface area contributed by atoms with Gasteiger partial charge >= 0.3 is 0 Å². The predicted octanol–water partition coefficient (Wildman–Crippen LogP) is 3.08. The monoisotopic (exact) mass is 383 g/mol. The fraction of sp³-hybridized carbons (Fsp3) is 0.200. The van der Waals surface area contributed by atoms with Gasteiger partial charge in [0, 0.05) is 29.9 Å². The van der Waals surface area contributed by atoms with Gasteiger partial charge in [-0.05, 0) is 49.2 Å². The van der Waals surface area contributed by atoms with Gasteiger partial charge in [-0.3, -0.25) is 4.79 Å². The maximum Gasteiger partial charge on any atom is 0.252 e. The number of carbonyl (C=O) groups excluding carboxylic acids is 1. The van der Waals surface area contributed by atoms with E-state index in [9.17, 15) is 13.2 Å². The van der Waals surface area contributed by atoms with Gasteiger partial charge in [-0.25, -0.2) is 13.4 Å². The van der Waals surface area contributed by atoms with Gasteiger partial charge in [0.2, 0.25) is 0 Å². The van der Waals surface area contributed by atoms with Gasteiger partial charge < -0.3 is 9.88 Å². The molecule has 0 fully saturated rings. The lowest BCUT2D eigenvalue weighted by molar-refractivity contribution is 0.0939. The lowest BCUT2D eigenvalue weighted by atomic mass is 10.1. The number of rotatable bonds is 5. The van der Waals surface area contributed by atoms with Crippen LogP contribution in [0, 0.1) is 6.92 Å². The maximum absolute atomic E-state index is 12.7. The van der Waals surface area contributed by atoms with E-state index in [0.29, 0.717) is 5.56 Å². The molecule has 1 amide bonds. The Bertz CT molecular complexity index is 1060. The summed E-state index contributed by atoms with van der Waals surface area (Å²) < 4.78 is 25.4. The Balaban J connectivity index is 1.78. The summed E-state index contributed by atoms with van der Waals surface area (Å²) in [5, 5.41) is 2.93. The van der Waals surface area contributed by atoms with E-state index in [4.69, 9.17) is 0 Å². The Morgan fingerprint density at radius 2 is 1.85 bits per heavy atom. The van der Waals surface area contributed by atoms with Crippen molar-refractivity contribution in [3.05, 3.63) is 77.9 Å².